The Morgan fingerprint density at radius 2 is 0.738 bits per heavy atom. The van der Waals surface area contributed by atoms with Gasteiger partial charge in [-0.25, -0.2) is 16.6 Å². The number of carbonyl (C=O) groups is 2. The summed E-state index contributed by atoms with van der Waals surface area (Å²) in [6.45, 7) is 39.3. The van der Waals surface area contributed by atoms with Gasteiger partial charge in [0.2, 0.25) is 0 Å². The topological polar surface area (TPSA) is 375 Å². The summed E-state index contributed by atoms with van der Waals surface area (Å²) in [5.41, 5.74) is 0. The first-order chi connectivity index (χ1) is 27.6. The van der Waals surface area contributed by atoms with E-state index in [9.17, 15) is 0 Å². The molecule has 0 aliphatic rings. The van der Waals surface area contributed by atoms with Crippen molar-refractivity contribution in [2.45, 2.75) is 62.8 Å². The van der Waals surface area contributed by atoms with E-state index in [-0.39, 0.29) is 88.4 Å². The number of methoxy groups -OCH3 is 2. The number of aliphatic hydroxyl groups is 3. The maximum atomic E-state index is 8.14. The molecular formula is C38H89KN6O15S. The van der Waals surface area contributed by atoms with Gasteiger partial charge in [-0.2, -0.15) is 29.7 Å². The van der Waals surface area contributed by atoms with Crippen molar-refractivity contribution < 1.29 is 125 Å². The van der Waals surface area contributed by atoms with Crippen LogP contribution in [-0.4, -0.2) is 124 Å². The number of nitrogens with two attached hydrogens (primary N) is 2. The second-order valence-corrected chi connectivity index (χ2v) is 6.17. The fourth-order valence-corrected chi connectivity index (χ4v) is 0.287. The van der Waals surface area contributed by atoms with Crippen molar-refractivity contribution in [1.29, 1.82) is 15.3 Å². The standard InChI is InChI=1S/C5H9NO.C4H7N.5C3H6.C2H5NO.C2H6O.2CH5NO.2CO2.3CH4O.2CH2O.CH4.K.HNS.H2O/c1-5(3-6)4-7-2;1-4(2)3-5;5*1-3-2;1-3-4-2;3*1-3-2;2*2-1-3;5*1-2;;;1-2;/h5H,4H2,1-2H3;4H,1-2H3;5*3H,1H2,2H3;1H2,2H3;1-2H3;2*2H2,1H3;;;3*2H,1H3;2*1H2;1H4;;1H;1H2/q;;;;;;;;;;;;;;;;;;;+1;;/p-1. The van der Waals surface area contributed by atoms with Gasteiger partial charge in [0.1, 0.15) is 20.7 Å². The number of aliphatic hydroxyl groups excluding tert-OH is 3. The van der Waals surface area contributed by atoms with Crippen LogP contribution in [0.4, 0.5) is 0 Å². The van der Waals surface area contributed by atoms with Crippen LogP contribution in [0, 0.1) is 39.3 Å². The molecule has 0 saturated carbocycles. The number of nitriles is 2. The van der Waals surface area contributed by atoms with Gasteiger partial charge in [0.05, 0.1) is 38.9 Å². The number of ether oxygens (including phenoxy) is 2. The second kappa shape index (κ2) is 508. The number of nitrogens with one attached hydrogen (secondary N) is 1. The molecule has 61 heavy (non-hydrogen) atoms. The molecule has 1 atom stereocenters. The van der Waals surface area contributed by atoms with E-state index in [1.165, 1.54) is 21.3 Å². The zero-order valence-electron chi connectivity index (χ0n) is 40.1. The average Bonchev–Trinajstić information content (AvgIpc) is 3.23. The Hall–Kier alpha value is -3.49. The predicted molar refractivity (Wildman–Crippen MR) is 246 cm³/mol. The molecule has 0 radical (unpaired) electrons. The zero-order valence-corrected chi connectivity index (χ0v) is 44.0. The van der Waals surface area contributed by atoms with Crippen LogP contribution in [0.5, 0.6) is 0 Å². The van der Waals surface area contributed by atoms with Gasteiger partial charge in [-0.15, -0.1) is 38.1 Å². The van der Waals surface area contributed by atoms with Gasteiger partial charge < -0.3 is 54.4 Å². The maximum absolute atomic E-state index is 8.14. The Morgan fingerprint density at radius 3 is 0.754 bits per heavy atom. The van der Waals surface area contributed by atoms with E-state index < -0.39 is 0 Å². The summed E-state index contributed by atoms with van der Waals surface area (Å²) >= 11 is 3.33. The Morgan fingerprint density at radius 1 is 0.639 bits per heavy atom. The van der Waals surface area contributed by atoms with E-state index in [0.29, 0.717) is 6.61 Å². The largest absolute Gasteiger partial charge is 1.00 e. The molecule has 0 aliphatic carbocycles. The Labute approximate surface area is 419 Å². The van der Waals surface area contributed by atoms with E-state index in [1.807, 2.05) is 81.1 Å². The van der Waals surface area contributed by atoms with Gasteiger partial charge in [0, 0.05) is 67.7 Å². The molecule has 0 saturated heterocycles. The summed E-state index contributed by atoms with van der Waals surface area (Å²) in [6.07, 6.45) is 9.25. The van der Waals surface area contributed by atoms with E-state index in [0.717, 1.165) is 21.3 Å². The summed E-state index contributed by atoms with van der Waals surface area (Å²) in [4.78, 5) is 60.1. The van der Waals surface area contributed by atoms with Crippen molar-refractivity contribution in [3.63, 3.8) is 0 Å². The van der Waals surface area contributed by atoms with Crippen molar-refractivity contribution in [2.24, 2.45) is 28.8 Å². The molecule has 0 aromatic heterocycles. The van der Waals surface area contributed by atoms with Gasteiger partial charge in [-0.3, -0.25) is 0 Å². The molecule has 0 aromatic rings. The van der Waals surface area contributed by atoms with Crippen LogP contribution < -0.4 is 63.2 Å². The summed E-state index contributed by atoms with van der Waals surface area (Å²) in [5, 5.41) is 40.0. The van der Waals surface area contributed by atoms with Gasteiger partial charge in [0.25, 0.3) is 0 Å². The Balaban J connectivity index is -0.0000000133. The molecule has 0 fully saturated rings. The summed E-state index contributed by atoms with van der Waals surface area (Å²) < 4.78 is 14.3. The van der Waals surface area contributed by atoms with Crippen LogP contribution in [0.3, 0.4) is 0 Å². The molecule has 21 nitrogen and oxygen atoms in total. The van der Waals surface area contributed by atoms with Gasteiger partial charge in [-0.05, 0) is 55.4 Å². The van der Waals surface area contributed by atoms with Crippen molar-refractivity contribution in [1.82, 2.24) is 0 Å². The quantitative estimate of drug-likeness (QED) is 0.102. The number of rotatable bonds is 3. The number of hydrogen-bond acceptors (Lipinski definition) is 22. The molecule has 0 aliphatic heterocycles. The summed E-state index contributed by atoms with van der Waals surface area (Å²) in [5.74, 6) is 8.92. The summed E-state index contributed by atoms with van der Waals surface area (Å²) in [7, 11) is 12.1. The van der Waals surface area contributed by atoms with E-state index in [2.05, 4.69) is 93.0 Å². The van der Waals surface area contributed by atoms with Crippen LogP contribution in [0.25, 0.3) is 0 Å². The van der Waals surface area contributed by atoms with Gasteiger partial charge in [-0.1, -0.05) is 37.8 Å². The van der Waals surface area contributed by atoms with Gasteiger partial charge in [0.15, 0.2) is 0 Å². The number of carbonyl (C=O) groups excluding carboxylic acids is 6. The molecule has 23 heteroatoms. The fourth-order valence-electron chi connectivity index (χ4n) is 0.287. The minimum Gasteiger partial charge on any atom is -0.870 e. The van der Waals surface area contributed by atoms with E-state index >= 15 is 0 Å². The third-order valence-electron chi connectivity index (χ3n) is 1.02. The first-order valence-corrected chi connectivity index (χ1v) is 15.1. The molecule has 9 N–H and O–H groups in total. The zero-order chi connectivity index (χ0) is 52.5. The van der Waals surface area contributed by atoms with Crippen molar-refractivity contribution in [3.8, 4) is 12.1 Å². The van der Waals surface area contributed by atoms with E-state index in [1.54, 1.807) is 51.7 Å². The molecule has 0 spiro atoms. The third kappa shape index (κ3) is 8270. The third-order valence-corrected chi connectivity index (χ3v) is 1.02. The second-order valence-electron chi connectivity index (χ2n) is 6.17. The number of nitrogens with zero attached hydrogens (tertiary/aromatic N) is 3. The smallest absolute Gasteiger partial charge is 0.870 e. The Bertz CT molecular complexity index is 644. The molecule has 0 rings (SSSR count). The molecule has 0 heterocycles. The minimum atomic E-state index is 0. The van der Waals surface area contributed by atoms with Gasteiger partial charge >= 0.3 is 63.7 Å². The average molecular weight is 941 g/mol. The monoisotopic (exact) mass is 941 g/mol. The van der Waals surface area contributed by atoms with E-state index in [4.69, 9.17) is 59.4 Å². The summed E-state index contributed by atoms with van der Waals surface area (Å²) in [6, 6.07) is 4.07. The predicted octanol–water partition coefficient (Wildman–Crippen LogP) is 2.49. The molecule has 0 amide bonds. The van der Waals surface area contributed by atoms with Crippen LogP contribution >= 0.6 is 0 Å². The fraction of sp³-hybridized carbons (Fsp3) is 0.553. The van der Waals surface area contributed by atoms with Crippen LogP contribution in [0.1, 0.15) is 62.8 Å². The molecule has 0 aromatic carbocycles. The van der Waals surface area contributed by atoms with Crippen LogP contribution in [-0.2, 0) is 65.2 Å². The number of oxime groups is 1. The molecular weight excluding hydrogens is 852 g/mol. The molecule has 1 unspecified atom stereocenters. The van der Waals surface area contributed by atoms with Crippen LogP contribution in [0.2, 0.25) is 0 Å². The maximum Gasteiger partial charge on any atom is 1.00 e. The number of allylic oxidation sites excluding steroid dienone is 5. The van der Waals surface area contributed by atoms with Crippen LogP contribution in [0.15, 0.2) is 68.4 Å². The van der Waals surface area contributed by atoms with Crippen molar-refractivity contribution in [2.75, 3.05) is 70.6 Å². The molecule has 0 bridgehead atoms. The normalized spacial score (nSPS) is 5.13. The number of hydrogen-bond donors (Lipinski definition) is 6. The molecule has 368 valence electrons. The van der Waals surface area contributed by atoms with Crippen molar-refractivity contribution in [3.05, 3.63) is 63.3 Å². The van der Waals surface area contributed by atoms with Crippen molar-refractivity contribution >= 4 is 45.0 Å². The first kappa shape index (κ1) is 146. The Kier molecular flexibility index (Phi) is 1210. The minimum absolute atomic E-state index is 0. The first-order valence-electron chi connectivity index (χ1n) is 14.7. The SMILES string of the molecule is C.C=CC.C=CC.C=CC.C=CC.C=CC.C=NOC.C=O.C=O.CC(C)C#N.CO.CO.CO.COC.COCC(C)C#N.CON.CON.N=S.O=C=O.O=C=O.[K+].[OH-].